The van der Waals surface area contributed by atoms with E-state index >= 15 is 0 Å². The summed E-state index contributed by atoms with van der Waals surface area (Å²) in [6, 6.07) is 8.02. The number of carboxylic acid groups (broad SMARTS) is 1. The highest BCUT2D eigenvalue weighted by Gasteiger charge is 2.34. The molecule has 0 saturated carbocycles. The van der Waals surface area contributed by atoms with E-state index in [1.165, 1.54) is 11.3 Å². The first kappa shape index (κ1) is 14.5. The van der Waals surface area contributed by atoms with Crippen molar-refractivity contribution in [1.82, 2.24) is 4.90 Å². The second-order valence-electron chi connectivity index (χ2n) is 5.02. The second kappa shape index (κ2) is 5.77. The third-order valence-electron chi connectivity index (χ3n) is 3.66. The van der Waals surface area contributed by atoms with E-state index in [1.54, 1.807) is 29.2 Å². The standard InChI is InChI=1S/C15H14ClNO3S/c16-11-4-2-1-3-10(11)13(15(19)20)17-7-9-5-6-21-14(9)12(18)8-17/h1-6,12-13,18H,7-8H2,(H,19,20). The molecule has 2 unspecified atom stereocenters. The lowest BCUT2D eigenvalue weighted by molar-refractivity contribution is -0.144. The Bertz CT molecular complexity index is 672. The smallest absolute Gasteiger partial charge is 0.325 e. The van der Waals surface area contributed by atoms with Crippen LogP contribution in [0.4, 0.5) is 0 Å². The molecule has 6 heteroatoms. The SMILES string of the molecule is O=C(O)C(c1ccccc1Cl)N1Cc2ccsc2C(O)C1. The maximum Gasteiger partial charge on any atom is 0.325 e. The van der Waals surface area contributed by atoms with Crippen LogP contribution < -0.4 is 0 Å². The summed E-state index contributed by atoms with van der Waals surface area (Å²) in [5.41, 5.74) is 1.54. The third-order valence-corrected chi connectivity index (χ3v) is 5.07. The molecule has 0 bridgehead atoms. The second-order valence-corrected chi connectivity index (χ2v) is 6.37. The van der Waals surface area contributed by atoms with Crippen molar-refractivity contribution in [2.24, 2.45) is 0 Å². The van der Waals surface area contributed by atoms with Crippen LogP contribution in [0.25, 0.3) is 0 Å². The van der Waals surface area contributed by atoms with Gasteiger partial charge in [0.15, 0.2) is 0 Å². The molecule has 4 nitrogen and oxygen atoms in total. The van der Waals surface area contributed by atoms with Crippen molar-refractivity contribution in [3.05, 3.63) is 56.7 Å². The van der Waals surface area contributed by atoms with Gasteiger partial charge in [0.25, 0.3) is 0 Å². The van der Waals surface area contributed by atoms with Crippen molar-refractivity contribution >= 4 is 28.9 Å². The number of rotatable bonds is 3. The molecule has 2 N–H and O–H groups in total. The summed E-state index contributed by atoms with van der Waals surface area (Å²) in [5.74, 6) is -0.964. The number of fused-ring (bicyclic) bond motifs is 1. The molecule has 0 fully saturated rings. The molecule has 2 heterocycles. The lowest BCUT2D eigenvalue weighted by atomic mass is 10.00. The van der Waals surface area contributed by atoms with E-state index in [0.717, 1.165) is 10.4 Å². The van der Waals surface area contributed by atoms with Crippen molar-refractivity contribution in [3.63, 3.8) is 0 Å². The summed E-state index contributed by atoms with van der Waals surface area (Å²) < 4.78 is 0. The number of hydrogen-bond donors (Lipinski definition) is 2. The van der Waals surface area contributed by atoms with E-state index in [-0.39, 0.29) is 6.54 Å². The number of β-amino-alcohol motifs (C(OH)–C–C–N with tert-alkyl or cyclic N) is 1. The van der Waals surface area contributed by atoms with Crippen molar-refractivity contribution in [3.8, 4) is 0 Å². The minimum absolute atomic E-state index is 0.287. The van der Waals surface area contributed by atoms with Crippen molar-refractivity contribution in [2.75, 3.05) is 6.54 Å². The largest absolute Gasteiger partial charge is 0.480 e. The van der Waals surface area contributed by atoms with Crippen LogP contribution in [0.2, 0.25) is 5.02 Å². The van der Waals surface area contributed by atoms with E-state index in [1.807, 2.05) is 11.4 Å². The van der Waals surface area contributed by atoms with Crippen LogP contribution >= 0.6 is 22.9 Å². The zero-order valence-electron chi connectivity index (χ0n) is 11.1. The molecule has 110 valence electrons. The Morgan fingerprint density at radius 3 is 2.86 bits per heavy atom. The lowest BCUT2D eigenvalue weighted by Crippen LogP contribution is -2.39. The van der Waals surface area contributed by atoms with Crippen LogP contribution in [-0.4, -0.2) is 27.6 Å². The maximum absolute atomic E-state index is 11.7. The van der Waals surface area contributed by atoms with Gasteiger partial charge in [0, 0.05) is 23.0 Å². The molecule has 0 saturated heterocycles. The van der Waals surface area contributed by atoms with Crippen molar-refractivity contribution < 1.29 is 15.0 Å². The fourth-order valence-electron chi connectivity index (χ4n) is 2.74. The molecule has 2 atom stereocenters. The summed E-state index contributed by atoms with van der Waals surface area (Å²) in [6.07, 6.45) is -0.655. The number of carboxylic acids is 1. The number of aliphatic hydroxyl groups is 1. The summed E-state index contributed by atoms with van der Waals surface area (Å²) in [4.78, 5) is 14.4. The fourth-order valence-corrected chi connectivity index (χ4v) is 3.87. The number of carbonyl (C=O) groups is 1. The Hall–Kier alpha value is -1.40. The molecule has 2 aromatic rings. The third kappa shape index (κ3) is 2.70. The van der Waals surface area contributed by atoms with Gasteiger partial charge in [0.05, 0.1) is 0 Å². The zero-order valence-corrected chi connectivity index (χ0v) is 12.6. The van der Waals surface area contributed by atoms with Gasteiger partial charge in [-0.2, -0.15) is 0 Å². The quantitative estimate of drug-likeness (QED) is 0.911. The zero-order chi connectivity index (χ0) is 15.0. The normalized spacial score (nSPS) is 20.0. The number of hydrogen-bond acceptors (Lipinski definition) is 4. The van der Waals surface area contributed by atoms with E-state index in [2.05, 4.69) is 0 Å². The van der Waals surface area contributed by atoms with E-state index < -0.39 is 18.1 Å². The minimum Gasteiger partial charge on any atom is -0.480 e. The fraction of sp³-hybridized carbons (Fsp3) is 0.267. The van der Waals surface area contributed by atoms with Crippen molar-refractivity contribution in [1.29, 1.82) is 0 Å². The van der Waals surface area contributed by atoms with Crippen LogP contribution in [0.3, 0.4) is 0 Å². The average molecular weight is 324 g/mol. The van der Waals surface area contributed by atoms with E-state index in [0.29, 0.717) is 17.1 Å². The summed E-state index contributed by atoms with van der Waals surface area (Å²) in [5, 5.41) is 22.2. The summed E-state index contributed by atoms with van der Waals surface area (Å²) in [6.45, 7) is 0.786. The molecule has 0 spiro atoms. The summed E-state index contributed by atoms with van der Waals surface area (Å²) in [7, 11) is 0. The maximum atomic E-state index is 11.7. The Balaban J connectivity index is 1.97. The van der Waals surface area contributed by atoms with Gasteiger partial charge in [-0.15, -0.1) is 11.3 Å². The molecule has 1 aliphatic heterocycles. The van der Waals surface area contributed by atoms with Gasteiger partial charge in [-0.3, -0.25) is 9.69 Å². The predicted octanol–water partition coefficient (Wildman–Crippen LogP) is 3.08. The Morgan fingerprint density at radius 2 is 2.14 bits per heavy atom. The molecule has 0 radical (unpaired) electrons. The number of benzene rings is 1. The van der Waals surface area contributed by atoms with Crippen LogP contribution in [0, 0.1) is 0 Å². The van der Waals surface area contributed by atoms with Crippen LogP contribution in [0.1, 0.15) is 28.1 Å². The highest BCUT2D eigenvalue weighted by Crippen LogP contribution is 2.37. The number of aliphatic hydroxyl groups excluding tert-OH is 1. The number of halogens is 1. The number of nitrogens with zero attached hydrogens (tertiary/aromatic N) is 1. The number of aliphatic carboxylic acids is 1. The minimum atomic E-state index is -0.964. The molecule has 1 aliphatic rings. The molecule has 0 aliphatic carbocycles. The molecular weight excluding hydrogens is 310 g/mol. The molecular formula is C15H14ClNO3S. The molecule has 1 aromatic carbocycles. The Kier molecular flexibility index (Phi) is 3.99. The van der Waals surface area contributed by atoms with Gasteiger partial charge < -0.3 is 10.2 Å². The van der Waals surface area contributed by atoms with E-state index in [4.69, 9.17) is 11.6 Å². The van der Waals surface area contributed by atoms with Gasteiger partial charge in [-0.05, 0) is 28.6 Å². The predicted molar refractivity (Wildman–Crippen MR) is 81.5 cm³/mol. The topological polar surface area (TPSA) is 60.8 Å². The van der Waals surface area contributed by atoms with Gasteiger partial charge >= 0.3 is 5.97 Å². The number of thiophene rings is 1. The molecule has 1 aromatic heterocycles. The van der Waals surface area contributed by atoms with Crippen LogP contribution in [-0.2, 0) is 11.3 Å². The van der Waals surface area contributed by atoms with Gasteiger partial charge in [0.2, 0.25) is 0 Å². The van der Waals surface area contributed by atoms with Crippen LogP contribution in [0.5, 0.6) is 0 Å². The van der Waals surface area contributed by atoms with Gasteiger partial charge in [-0.1, -0.05) is 29.8 Å². The van der Waals surface area contributed by atoms with Crippen molar-refractivity contribution in [2.45, 2.75) is 18.7 Å². The van der Waals surface area contributed by atoms with Gasteiger partial charge in [0.1, 0.15) is 12.1 Å². The summed E-state index contributed by atoms with van der Waals surface area (Å²) >= 11 is 7.65. The highest BCUT2D eigenvalue weighted by molar-refractivity contribution is 7.10. The first-order valence-corrected chi connectivity index (χ1v) is 7.79. The Morgan fingerprint density at radius 1 is 1.38 bits per heavy atom. The van der Waals surface area contributed by atoms with Gasteiger partial charge in [-0.25, -0.2) is 0 Å². The average Bonchev–Trinajstić information content (AvgIpc) is 2.90. The molecule has 3 rings (SSSR count). The van der Waals surface area contributed by atoms with Crippen LogP contribution in [0.15, 0.2) is 35.7 Å². The monoisotopic (exact) mass is 323 g/mol. The van der Waals surface area contributed by atoms with E-state index in [9.17, 15) is 15.0 Å². The Labute approximate surface area is 131 Å². The lowest BCUT2D eigenvalue weighted by Gasteiger charge is -2.34. The molecule has 0 amide bonds. The first-order chi connectivity index (χ1) is 10.1. The first-order valence-electron chi connectivity index (χ1n) is 6.53. The molecule has 21 heavy (non-hydrogen) atoms. The highest BCUT2D eigenvalue weighted by atomic mass is 35.5.